The summed E-state index contributed by atoms with van der Waals surface area (Å²) in [5, 5.41) is 0.318. The van der Waals surface area contributed by atoms with Gasteiger partial charge in [0.05, 0.1) is 5.02 Å². The highest BCUT2D eigenvalue weighted by molar-refractivity contribution is 6.34. The molecule has 0 unspecified atom stereocenters. The molecule has 0 aliphatic carbocycles. The first-order valence-corrected chi connectivity index (χ1v) is 4.50. The van der Waals surface area contributed by atoms with Crippen LogP contribution in [0.3, 0.4) is 0 Å². The van der Waals surface area contributed by atoms with E-state index in [1.165, 1.54) is 13.0 Å². The number of ketones is 1. The van der Waals surface area contributed by atoms with Gasteiger partial charge in [-0.15, -0.1) is 0 Å². The van der Waals surface area contributed by atoms with E-state index in [1.807, 2.05) is 0 Å². The minimum Gasteiger partial charge on any atom is -0.359 e. The zero-order valence-corrected chi connectivity index (χ0v) is 8.76. The van der Waals surface area contributed by atoms with Crippen LogP contribution in [0.15, 0.2) is 18.2 Å². The number of rotatable bonds is 1. The summed E-state index contributed by atoms with van der Waals surface area (Å²) in [7, 11) is 0. The molecule has 2 N–H and O–H groups in total. The van der Waals surface area contributed by atoms with Crippen LogP contribution in [0.25, 0.3) is 0 Å². The van der Waals surface area contributed by atoms with Gasteiger partial charge in [-0.1, -0.05) is 17.5 Å². The molecule has 0 aliphatic heterocycles. The molecular formula is C11H8ClNO2. The predicted molar refractivity (Wildman–Crippen MR) is 57.5 cm³/mol. The second kappa shape index (κ2) is 4.63. The number of nitrogens with two attached hydrogens (primary N) is 1. The van der Waals surface area contributed by atoms with Crippen LogP contribution in [0.2, 0.25) is 5.02 Å². The van der Waals surface area contributed by atoms with Gasteiger partial charge in [0.2, 0.25) is 0 Å². The molecule has 0 heterocycles. The number of benzene rings is 1. The molecule has 0 spiro atoms. The summed E-state index contributed by atoms with van der Waals surface area (Å²) < 4.78 is 0. The van der Waals surface area contributed by atoms with Gasteiger partial charge in [-0.2, -0.15) is 0 Å². The lowest BCUT2D eigenvalue weighted by molar-refractivity contribution is -0.112. The summed E-state index contributed by atoms with van der Waals surface area (Å²) in [5.74, 6) is 3.89. The van der Waals surface area contributed by atoms with Gasteiger partial charge in [0.25, 0.3) is 5.91 Å². The number of amides is 1. The van der Waals surface area contributed by atoms with E-state index in [0.717, 1.165) is 0 Å². The smallest absolute Gasteiger partial charge is 0.293 e. The first-order chi connectivity index (χ1) is 7.00. The first-order valence-electron chi connectivity index (χ1n) is 4.12. The minimum atomic E-state index is -0.707. The van der Waals surface area contributed by atoms with Crippen LogP contribution in [-0.4, -0.2) is 11.7 Å². The third-order valence-electron chi connectivity index (χ3n) is 1.68. The Morgan fingerprint density at radius 2 is 2.07 bits per heavy atom. The van der Waals surface area contributed by atoms with Gasteiger partial charge < -0.3 is 5.73 Å². The largest absolute Gasteiger partial charge is 0.359 e. The van der Waals surface area contributed by atoms with Crippen LogP contribution in [0.4, 0.5) is 0 Å². The highest BCUT2D eigenvalue weighted by Gasteiger charge is 2.04. The van der Waals surface area contributed by atoms with Crippen molar-refractivity contribution < 1.29 is 9.59 Å². The maximum Gasteiger partial charge on any atom is 0.293 e. The van der Waals surface area contributed by atoms with E-state index in [0.29, 0.717) is 16.1 Å². The Morgan fingerprint density at radius 3 is 2.53 bits per heavy atom. The number of carbonyl (C=O) groups excluding carboxylic acids is 2. The lowest BCUT2D eigenvalue weighted by Crippen LogP contribution is -2.06. The van der Waals surface area contributed by atoms with Crippen molar-refractivity contribution in [2.24, 2.45) is 5.73 Å². The van der Waals surface area contributed by atoms with Gasteiger partial charge in [0, 0.05) is 11.1 Å². The maximum atomic E-state index is 11.0. The van der Waals surface area contributed by atoms with Crippen LogP contribution in [-0.2, 0) is 4.79 Å². The topological polar surface area (TPSA) is 60.2 Å². The molecule has 0 aliphatic rings. The fraction of sp³-hybridized carbons (Fsp3) is 0.0909. The quantitative estimate of drug-likeness (QED) is 0.575. The van der Waals surface area contributed by atoms with Crippen LogP contribution < -0.4 is 5.73 Å². The van der Waals surface area contributed by atoms with Crippen molar-refractivity contribution in [1.29, 1.82) is 0 Å². The normalized spacial score (nSPS) is 8.93. The average molecular weight is 222 g/mol. The molecule has 1 amide bonds. The van der Waals surface area contributed by atoms with Crippen LogP contribution in [0.5, 0.6) is 0 Å². The number of Topliss-reactive ketones (excluding diaryl/α,β-unsaturated/α-hetero) is 1. The molecule has 4 heteroatoms. The number of halogens is 1. The van der Waals surface area contributed by atoms with Crippen molar-refractivity contribution >= 4 is 23.3 Å². The number of primary amides is 1. The van der Waals surface area contributed by atoms with Gasteiger partial charge in [-0.3, -0.25) is 9.59 Å². The van der Waals surface area contributed by atoms with E-state index in [4.69, 9.17) is 17.3 Å². The number of carbonyl (C=O) groups is 2. The Morgan fingerprint density at radius 1 is 1.40 bits per heavy atom. The monoisotopic (exact) mass is 221 g/mol. The molecule has 15 heavy (non-hydrogen) atoms. The third kappa shape index (κ3) is 3.12. The van der Waals surface area contributed by atoms with Crippen molar-refractivity contribution in [3.8, 4) is 11.8 Å². The highest BCUT2D eigenvalue weighted by Crippen LogP contribution is 2.17. The maximum absolute atomic E-state index is 11.0. The van der Waals surface area contributed by atoms with Gasteiger partial charge >= 0.3 is 0 Å². The Hall–Kier alpha value is -1.79. The van der Waals surface area contributed by atoms with Gasteiger partial charge in [-0.25, -0.2) is 0 Å². The van der Waals surface area contributed by atoms with Crippen LogP contribution >= 0.6 is 11.6 Å². The number of hydrogen-bond donors (Lipinski definition) is 1. The molecule has 1 rings (SSSR count). The number of hydrogen-bond acceptors (Lipinski definition) is 2. The molecule has 1 aromatic carbocycles. The molecule has 0 saturated heterocycles. The molecule has 0 fully saturated rings. The van der Waals surface area contributed by atoms with Gasteiger partial charge in [0.1, 0.15) is 0 Å². The molecule has 3 nitrogen and oxygen atoms in total. The van der Waals surface area contributed by atoms with Crippen molar-refractivity contribution in [3.63, 3.8) is 0 Å². The Bertz CT molecular complexity index is 483. The molecule has 0 aromatic heterocycles. The van der Waals surface area contributed by atoms with Crippen LogP contribution in [0, 0.1) is 11.8 Å². The zero-order chi connectivity index (χ0) is 11.4. The van der Waals surface area contributed by atoms with Gasteiger partial charge in [0.15, 0.2) is 5.78 Å². The first kappa shape index (κ1) is 11.3. The molecule has 0 atom stereocenters. The van der Waals surface area contributed by atoms with E-state index in [1.54, 1.807) is 12.1 Å². The SMILES string of the molecule is CC(=O)c1ccc(C#CC(N)=O)cc1Cl. The molecule has 1 aromatic rings. The van der Waals surface area contributed by atoms with E-state index >= 15 is 0 Å². The summed E-state index contributed by atoms with van der Waals surface area (Å²) in [5.41, 5.74) is 5.83. The molecular weight excluding hydrogens is 214 g/mol. The highest BCUT2D eigenvalue weighted by atomic mass is 35.5. The van der Waals surface area contributed by atoms with Crippen molar-refractivity contribution in [2.45, 2.75) is 6.92 Å². The Kier molecular flexibility index (Phi) is 3.48. The Labute approximate surface area is 92.2 Å². The van der Waals surface area contributed by atoms with Crippen molar-refractivity contribution in [2.75, 3.05) is 0 Å². The zero-order valence-electron chi connectivity index (χ0n) is 8.00. The molecule has 0 bridgehead atoms. The van der Waals surface area contributed by atoms with Crippen molar-refractivity contribution in [3.05, 3.63) is 34.3 Å². The molecule has 0 radical (unpaired) electrons. The lowest BCUT2D eigenvalue weighted by Gasteiger charge is -1.99. The fourth-order valence-electron chi connectivity index (χ4n) is 1.01. The summed E-state index contributed by atoms with van der Waals surface area (Å²) in [6.07, 6.45) is 0. The van der Waals surface area contributed by atoms with E-state index < -0.39 is 5.91 Å². The molecule has 0 saturated carbocycles. The average Bonchev–Trinajstić information content (AvgIpc) is 2.14. The third-order valence-corrected chi connectivity index (χ3v) is 1.99. The molecule has 76 valence electrons. The van der Waals surface area contributed by atoms with Gasteiger partial charge in [-0.05, 0) is 31.0 Å². The lowest BCUT2D eigenvalue weighted by atomic mass is 10.1. The summed E-state index contributed by atoms with van der Waals surface area (Å²) in [6, 6.07) is 4.70. The minimum absolute atomic E-state index is 0.116. The van der Waals surface area contributed by atoms with Crippen LogP contribution in [0.1, 0.15) is 22.8 Å². The second-order valence-corrected chi connectivity index (χ2v) is 3.27. The van der Waals surface area contributed by atoms with E-state index in [2.05, 4.69) is 11.8 Å². The van der Waals surface area contributed by atoms with E-state index in [9.17, 15) is 9.59 Å². The standard InChI is InChI=1S/C11H8ClNO2/c1-7(14)9-4-2-8(6-10(9)12)3-5-11(13)15/h2,4,6H,1H3,(H2,13,15). The second-order valence-electron chi connectivity index (χ2n) is 2.87. The Balaban J connectivity index is 3.09. The van der Waals surface area contributed by atoms with E-state index in [-0.39, 0.29) is 5.78 Å². The summed E-state index contributed by atoms with van der Waals surface area (Å²) >= 11 is 5.83. The summed E-state index contributed by atoms with van der Waals surface area (Å²) in [6.45, 7) is 1.43. The van der Waals surface area contributed by atoms with Crippen molar-refractivity contribution in [1.82, 2.24) is 0 Å². The fourth-order valence-corrected chi connectivity index (χ4v) is 1.33. The summed E-state index contributed by atoms with van der Waals surface area (Å²) in [4.78, 5) is 21.4. The predicted octanol–water partition coefficient (Wildman–Crippen LogP) is 1.38.